The summed E-state index contributed by atoms with van der Waals surface area (Å²) < 4.78 is 12.3. The van der Waals surface area contributed by atoms with Crippen LogP contribution >= 0.6 is 0 Å². The van der Waals surface area contributed by atoms with E-state index in [4.69, 9.17) is 9.31 Å². The fourth-order valence-corrected chi connectivity index (χ4v) is 3.65. The SMILES string of the molecule is CC1CC2C=C(B3OC(C)(C)C(C)(C)O3)CC1C2. The summed E-state index contributed by atoms with van der Waals surface area (Å²) in [5.41, 5.74) is 0.987. The highest BCUT2D eigenvalue weighted by molar-refractivity contribution is 6.54. The normalized spacial score (nSPS) is 41.1. The molecule has 2 bridgehead atoms. The molecule has 3 unspecified atom stereocenters. The van der Waals surface area contributed by atoms with Gasteiger partial charge in [-0.05, 0) is 70.2 Å². The second-order valence-corrected chi connectivity index (χ2v) is 7.50. The maximum atomic E-state index is 6.17. The van der Waals surface area contributed by atoms with Gasteiger partial charge in [0.05, 0.1) is 11.2 Å². The van der Waals surface area contributed by atoms with Crippen molar-refractivity contribution >= 4 is 7.12 Å². The molecule has 0 radical (unpaired) electrons. The molecule has 3 atom stereocenters. The Hall–Kier alpha value is -0.275. The van der Waals surface area contributed by atoms with Crippen LogP contribution in [0.15, 0.2) is 11.5 Å². The van der Waals surface area contributed by atoms with Crippen molar-refractivity contribution in [3.63, 3.8) is 0 Å². The first-order valence-corrected chi connectivity index (χ1v) is 7.35. The second kappa shape index (κ2) is 3.86. The van der Waals surface area contributed by atoms with E-state index in [0.29, 0.717) is 0 Å². The van der Waals surface area contributed by atoms with Gasteiger partial charge in [0.2, 0.25) is 0 Å². The van der Waals surface area contributed by atoms with Crippen LogP contribution in [0.4, 0.5) is 0 Å². The molecule has 0 amide bonds. The Labute approximate surface area is 111 Å². The maximum Gasteiger partial charge on any atom is 0.490 e. The summed E-state index contributed by atoms with van der Waals surface area (Å²) in [4.78, 5) is 0. The molecule has 0 spiro atoms. The molecule has 1 heterocycles. The minimum Gasteiger partial charge on any atom is -0.400 e. The Kier molecular flexibility index (Phi) is 2.73. The lowest BCUT2D eigenvalue weighted by molar-refractivity contribution is 0.00578. The topological polar surface area (TPSA) is 18.5 Å². The van der Waals surface area contributed by atoms with Crippen molar-refractivity contribution in [3.8, 4) is 0 Å². The van der Waals surface area contributed by atoms with Crippen LogP contribution in [0.25, 0.3) is 0 Å². The second-order valence-electron chi connectivity index (χ2n) is 7.50. The van der Waals surface area contributed by atoms with Crippen LogP contribution < -0.4 is 0 Å². The Morgan fingerprint density at radius 2 is 1.72 bits per heavy atom. The molecule has 0 N–H and O–H groups in total. The van der Waals surface area contributed by atoms with Gasteiger partial charge in [-0.25, -0.2) is 0 Å². The molecule has 1 saturated carbocycles. The van der Waals surface area contributed by atoms with E-state index in [1.54, 1.807) is 0 Å². The lowest BCUT2D eigenvalue weighted by atomic mass is 9.69. The Bertz CT molecular complexity index is 368. The zero-order valence-corrected chi connectivity index (χ0v) is 12.3. The van der Waals surface area contributed by atoms with Crippen LogP contribution in [0.5, 0.6) is 0 Å². The molecule has 1 saturated heterocycles. The van der Waals surface area contributed by atoms with E-state index in [9.17, 15) is 0 Å². The van der Waals surface area contributed by atoms with Crippen LogP contribution in [-0.4, -0.2) is 18.3 Å². The standard InChI is InChI=1S/C15H25BO2/c1-10-6-11-7-12(10)9-13(8-11)16-17-14(2,3)15(4,5)18-16/h8,10-12H,6-7,9H2,1-5H3. The minimum absolute atomic E-state index is 0.106. The first-order chi connectivity index (χ1) is 8.28. The highest BCUT2D eigenvalue weighted by atomic mass is 16.7. The minimum atomic E-state index is -0.208. The van der Waals surface area contributed by atoms with Gasteiger partial charge < -0.3 is 9.31 Å². The van der Waals surface area contributed by atoms with Crippen LogP contribution in [0.3, 0.4) is 0 Å². The summed E-state index contributed by atoms with van der Waals surface area (Å²) in [5, 5.41) is 0. The van der Waals surface area contributed by atoms with Gasteiger partial charge in [-0.2, -0.15) is 0 Å². The third-order valence-corrected chi connectivity index (χ3v) is 5.59. The first-order valence-electron chi connectivity index (χ1n) is 7.35. The highest BCUT2D eigenvalue weighted by Crippen LogP contribution is 2.47. The van der Waals surface area contributed by atoms with Gasteiger partial charge in [0.1, 0.15) is 0 Å². The Morgan fingerprint density at radius 1 is 1.11 bits per heavy atom. The third kappa shape index (κ3) is 1.87. The molecular weight excluding hydrogens is 223 g/mol. The zero-order valence-electron chi connectivity index (χ0n) is 12.3. The molecule has 3 heteroatoms. The summed E-state index contributed by atoms with van der Waals surface area (Å²) in [7, 11) is -0.106. The predicted molar refractivity (Wildman–Crippen MR) is 74.2 cm³/mol. The summed E-state index contributed by atoms with van der Waals surface area (Å²) in [6.07, 6.45) is 6.36. The molecule has 2 fully saturated rings. The molecule has 0 aromatic heterocycles. The molecule has 1 aliphatic heterocycles. The van der Waals surface area contributed by atoms with Gasteiger partial charge >= 0.3 is 7.12 Å². The number of rotatable bonds is 1. The first kappa shape index (κ1) is 12.7. The van der Waals surface area contributed by atoms with Gasteiger partial charge in [-0.3, -0.25) is 0 Å². The summed E-state index contributed by atoms with van der Waals surface area (Å²) in [6, 6.07) is 0. The third-order valence-electron chi connectivity index (χ3n) is 5.59. The van der Waals surface area contributed by atoms with Gasteiger partial charge in [-0.1, -0.05) is 13.0 Å². The monoisotopic (exact) mass is 248 g/mol. The van der Waals surface area contributed by atoms with E-state index < -0.39 is 0 Å². The molecule has 0 aromatic carbocycles. The van der Waals surface area contributed by atoms with E-state index in [2.05, 4.69) is 40.7 Å². The Morgan fingerprint density at radius 3 is 2.28 bits per heavy atom. The lowest BCUT2D eigenvalue weighted by Crippen LogP contribution is -2.41. The zero-order chi connectivity index (χ0) is 13.1. The molecule has 0 aromatic rings. The van der Waals surface area contributed by atoms with Crippen LogP contribution in [0, 0.1) is 17.8 Å². The summed E-state index contributed by atoms with van der Waals surface area (Å²) in [6.45, 7) is 10.9. The Balaban J connectivity index is 1.79. The lowest BCUT2D eigenvalue weighted by Gasteiger charge is -2.32. The fourth-order valence-electron chi connectivity index (χ4n) is 3.65. The predicted octanol–water partition coefficient (Wildman–Crippen LogP) is 3.61. The van der Waals surface area contributed by atoms with Crippen molar-refractivity contribution in [3.05, 3.63) is 11.5 Å². The number of allylic oxidation sites excluding steroid dienone is 2. The quantitative estimate of drug-likeness (QED) is 0.660. The van der Waals surface area contributed by atoms with E-state index in [1.165, 1.54) is 24.7 Å². The maximum absolute atomic E-state index is 6.17. The van der Waals surface area contributed by atoms with Crippen molar-refractivity contribution in [2.75, 3.05) is 0 Å². The van der Waals surface area contributed by atoms with Crippen molar-refractivity contribution in [2.45, 2.75) is 65.1 Å². The molecule has 2 aliphatic carbocycles. The highest BCUT2D eigenvalue weighted by Gasteiger charge is 2.53. The summed E-state index contributed by atoms with van der Waals surface area (Å²) in [5.74, 6) is 2.49. The molecular formula is C15H25BO2. The molecule has 3 aliphatic rings. The molecule has 18 heavy (non-hydrogen) atoms. The van der Waals surface area contributed by atoms with Crippen molar-refractivity contribution < 1.29 is 9.31 Å². The van der Waals surface area contributed by atoms with Gasteiger partial charge in [-0.15, -0.1) is 0 Å². The average molecular weight is 248 g/mol. The van der Waals surface area contributed by atoms with Crippen molar-refractivity contribution in [1.82, 2.24) is 0 Å². The number of hydrogen-bond donors (Lipinski definition) is 0. The molecule has 2 nitrogen and oxygen atoms in total. The average Bonchev–Trinajstić information content (AvgIpc) is 2.62. The van der Waals surface area contributed by atoms with Crippen LogP contribution in [-0.2, 0) is 9.31 Å². The van der Waals surface area contributed by atoms with Crippen LogP contribution in [0.1, 0.15) is 53.9 Å². The smallest absolute Gasteiger partial charge is 0.400 e. The van der Waals surface area contributed by atoms with E-state index in [-0.39, 0.29) is 18.3 Å². The fraction of sp³-hybridized carbons (Fsp3) is 0.867. The molecule has 100 valence electrons. The van der Waals surface area contributed by atoms with Crippen molar-refractivity contribution in [1.29, 1.82) is 0 Å². The van der Waals surface area contributed by atoms with Gasteiger partial charge in [0.25, 0.3) is 0 Å². The number of fused-ring (bicyclic) bond motifs is 2. The van der Waals surface area contributed by atoms with Crippen LogP contribution in [0.2, 0.25) is 0 Å². The number of hydrogen-bond acceptors (Lipinski definition) is 2. The summed E-state index contributed by atoms with van der Waals surface area (Å²) >= 11 is 0. The molecule has 3 rings (SSSR count). The van der Waals surface area contributed by atoms with Gasteiger partial charge in [0, 0.05) is 0 Å². The van der Waals surface area contributed by atoms with E-state index in [0.717, 1.165) is 17.8 Å². The van der Waals surface area contributed by atoms with Gasteiger partial charge in [0.15, 0.2) is 0 Å². The van der Waals surface area contributed by atoms with E-state index >= 15 is 0 Å². The van der Waals surface area contributed by atoms with Crippen molar-refractivity contribution in [2.24, 2.45) is 17.8 Å². The van der Waals surface area contributed by atoms with E-state index in [1.807, 2.05) is 0 Å². The largest absolute Gasteiger partial charge is 0.490 e.